The van der Waals surface area contributed by atoms with Crippen molar-refractivity contribution in [3.63, 3.8) is 0 Å². The third-order valence-corrected chi connectivity index (χ3v) is 17.9. The molecule has 0 amide bonds. The molecule has 4 nitrogen and oxygen atoms in total. The Hall–Kier alpha value is -11.9. The highest BCUT2D eigenvalue weighted by atomic mass is 15.2. The molecule has 0 saturated heterocycles. The Morgan fingerprint density at radius 2 is 0.663 bits per heavy atom. The fraction of sp³-hybridized carbons (Fsp3) is 0.0444. The molecular weight excluding hydrogens is 1150 g/mol. The Morgan fingerprint density at radius 3 is 1.04 bits per heavy atom. The molecule has 0 bridgehead atoms. The summed E-state index contributed by atoms with van der Waals surface area (Å²) < 4.78 is 363. The molecule has 0 atom stereocenters. The van der Waals surface area contributed by atoms with Crippen LogP contribution in [0.15, 0.2) is 327 Å². The number of fused-ring (bicyclic) bond motifs is 14. The lowest BCUT2D eigenvalue weighted by Gasteiger charge is -2.46. The Balaban J connectivity index is 1.08. The first-order valence-corrected chi connectivity index (χ1v) is 30.1. The van der Waals surface area contributed by atoms with Crippen LogP contribution in [-0.4, -0.2) is 15.8 Å². The molecule has 0 aliphatic carbocycles. The smallest absolute Gasteiger partial charge is 0.252 e. The quantitative estimate of drug-likeness (QED) is 0.141. The summed E-state index contributed by atoms with van der Waals surface area (Å²) >= 11 is 0. The number of para-hydroxylation sites is 4. The Morgan fingerprint density at radius 1 is 0.316 bits per heavy atom. The molecule has 19 rings (SSSR count). The number of anilines is 6. The van der Waals surface area contributed by atoms with Gasteiger partial charge in [-0.05, 0) is 132 Å². The summed E-state index contributed by atoms with van der Waals surface area (Å²) in [6.45, 7) is 3.95. The maximum absolute atomic E-state index is 9.98. The van der Waals surface area contributed by atoms with Crippen molar-refractivity contribution in [3.8, 4) is 55.9 Å². The molecule has 0 fully saturated rings. The second kappa shape index (κ2) is 21.3. The highest BCUT2D eigenvalue weighted by Gasteiger charge is 2.46. The van der Waals surface area contributed by atoms with E-state index in [4.69, 9.17) is 11.0 Å². The Kier molecular flexibility index (Phi) is 6.50. The lowest BCUT2D eigenvalue weighted by Crippen LogP contribution is -2.61. The number of hydrogen-bond donors (Lipinski definition) is 0. The van der Waals surface area contributed by atoms with Crippen molar-refractivity contribution in [1.82, 2.24) is 9.13 Å². The zero-order valence-electron chi connectivity index (χ0n) is 88.1. The first-order chi connectivity index (χ1) is 62.6. The van der Waals surface area contributed by atoms with Crippen molar-refractivity contribution in [2.45, 2.75) is 26.2 Å². The largest absolute Gasteiger partial charge is 0.310 e. The maximum atomic E-state index is 9.98. The fourth-order valence-corrected chi connectivity index (χ4v) is 13.9. The van der Waals surface area contributed by atoms with E-state index in [9.17, 15) is 41.1 Å². The van der Waals surface area contributed by atoms with Gasteiger partial charge < -0.3 is 18.9 Å². The van der Waals surface area contributed by atoms with Crippen molar-refractivity contribution in [2.24, 2.45) is 0 Å². The summed E-state index contributed by atoms with van der Waals surface area (Å²) in [5.74, 6) is 0. The van der Waals surface area contributed by atoms with Gasteiger partial charge in [0.05, 0.1) is 85.5 Å². The van der Waals surface area contributed by atoms with Crippen LogP contribution < -0.4 is 26.2 Å². The van der Waals surface area contributed by atoms with Gasteiger partial charge in [0.2, 0.25) is 0 Å². The van der Waals surface area contributed by atoms with Gasteiger partial charge in [-0.15, -0.1) is 0 Å². The summed E-state index contributed by atoms with van der Waals surface area (Å²) in [5, 5.41) is -2.21. The molecule has 4 heterocycles. The minimum absolute atomic E-state index is 0.0349. The molecule has 2 aliphatic rings. The molecule has 0 unspecified atom stereocenters. The number of benzene rings is 15. The van der Waals surface area contributed by atoms with Gasteiger partial charge in [-0.1, -0.05) is 287 Å². The number of rotatable bonds is 8. The summed E-state index contributed by atoms with van der Waals surface area (Å²) in [7, 11) is 0. The monoisotopic (exact) mass is 1250 g/mol. The van der Waals surface area contributed by atoms with Crippen LogP contribution in [0, 0.1) is 0 Å². The molecule has 0 radical (unpaired) electrons. The van der Waals surface area contributed by atoms with Gasteiger partial charge in [-0.3, -0.25) is 0 Å². The Labute approximate surface area is 606 Å². The van der Waals surface area contributed by atoms with E-state index >= 15 is 0 Å². The van der Waals surface area contributed by atoms with E-state index in [1.54, 1.807) is 45.0 Å². The average Bonchev–Trinajstić information content (AvgIpc) is 0.849. The maximum Gasteiger partial charge on any atom is 0.252 e. The van der Waals surface area contributed by atoms with E-state index in [2.05, 4.69) is 0 Å². The summed E-state index contributed by atoms with van der Waals surface area (Å²) in [5.41, 5.74) is -5.85. The van der Waals surface area contributed by atoms with Crippen LogP contribution in [0.4, 0.5) is 34.1 Å². The topological polar surface area (TPSA) is 16.3 Å². The summed E-state index contributed by atoms with van der Waals surface area (Å²) in [6, 6.07) is -6.40. The number of nitrogens with zero attached hydrogens (tertiary/aromatic N) is 4. The predicted molar refractivity (Wildman–Crippen MR) is 405 cm³/mol. The van der Waals surface area contributed by atoms with Crippen LogP contribution in [-0.2, 0) is 5.41 Å². The van der Waals surface area contributed by atoms with Gasteiger partial charge >= 0.3 is 0 Å². The van der Waals surface area contributed by atoms with Crippen molar-refractivity contribution in [3.05, 3.63) is 332 Å². The van der Waals surface area contributed by atoms with E-state index in [-0.39, 0.29) is 149 Å². The zero-order chi connectivity index (χ0) is 96.1. The minimum Gasteiger partial charge on any atom is -0.310 e. The van der Waals surface area contributed by atoms with Crippen LogP contribution in [0.3, 0.4) is 0 Å². The van der Waals surface area contributed by atoms with Gasteiger partial charge in [-0.25, -0.2) is 0 Å². The van der Waals surface area contributed by atoms with Gasteiger partial charge in [0, 0.05) is 77.9 Å². The molecular formula is C90H63BN4. The standard InChI is InChI=1S/C90H63BN4/c1-90(2,3)64-54-83-87-84(55-64)95(89-71(60-30-12-6-13-31-60)42-25-43-72(89)61-32-14-7-15-33-61)82-57-66(93-78-45-23-21-39-74(78)86-68-37-19-17-35-63(68)47-53-80(86)93)49-51-76(82)91(87)75-50-48-65(92-77-44-22-20-38-73(77)85-67-36-18-16-34-62(67)46-52-79(85)92)56-81(75)94(83)88-69(58-26-8-4-9-27-58)40-24-41-70(88)59-28-10-5-11-29-59/h4-57H,1-3H3/i4D,5D,6D,7D,8D,9D,10D,11D,12D,13D,14D,15D,16D,17D,18D,19D,20D,21D,22D,23D,26D,27D,28D,29D,30D,31D,32D,33D,34D,35D,36D,37D,38D,39D,44D,45D,46D,47D. The van der Waals surface area contributed by atoms with E-state index in [1.807, 2.05) is 0 Å². The second-order valence-electron chi connectivity index (χ2n) is 23.9. The lowest BCUT2D eigenvalue weighted by molar-refractivity contribution is 0.590. The fourth-order valence-electron chi connectivity index (χ4n) is 13.9. The van der Waals surface area contributed by atoms with Crippen LogP contribution in [0.1, 0.15) is 78.4 Å². The molecule has 95 heavy (non-hydrogen) atoms. The first-order valence-electron chi connectivity index (χ1n) is 49.1. The van der Waals surface area contributed by atoms with Gasteiger partial charge in [0.15, 0.2) is 0 Å². The van der Waals surface area contributed by atoms with Gasteiger partial charge in [0.1, 0.15) is 0 Å². The van der Waals surface area contributed by atoms with Crippen molar-refractivity contribution >= 4 is 122 Å². The van der Waals surface area contributed by atoms with E-state index in [1.165, 1.54) is 91.7 Å². The second-order valence-corrected chi connectivity index (χ2v) is 23.9. The van der Waals surface area contributed by atoms with Crippen molar-refractivity contribution in [2.75, 3.05) is 9.80 Å². The molecule has 5 heteroatoms. The zero-order valence-corrected chi connectivity index (χ0v) is 50.1. The van der Waals surface area contributed by atoms with Crippen molar-refractivity contribution < 1.29 is 52.1 Å². The molecule has 0 spiro atoms. The number of aromatic nitrogens is 2. The van der Waals surface area contributed by atoms with Gasteiger partial charge in [-0.2, -0.15) is 0 Å². The molecule has 17 aromatic rings. The summed E-state index contributed by atoms with van der Waals surface area (Å²) in [6.07, 6.45) is 0. The van der Waals surface area contributed by atoms with E-state index in [0.717, 1.165) is 0 Å². The Bertz CT molecular complexity index is 7620. The molecule has 0 saturated carbocycles. The predicted octanol–water partition coefficient (Wildman–Crippen LogP) is 22.2. The molecule has 446 valence electrons. The number of hydrogen-bond acceptors (Lipinski definition) is 2. The van der Waals surface area contributed by atoms with Crippen LogP contribution >= 0.6 is 0 Å². The molecule has 2 aliphatic heterocycles. The lowest BCUT2D eigenvalue weighted by atomic mass is 9.33. The first kappa shape index (κ1) is 28.9. The van der Waals surface area contributed by atoms with E-state index < -0.39 is 264 Å². The molecule has 15 aromatic carbocycles. The molecule has 0 N–H and O–H groups in total. The van der Waals surface area contributed by atoms with Crippen molar-refractivity contribution in [1.29, 1.82) is 0 Å². The SMILES string of the molecule is [2H]c1c([2H])c([2H])c(-c2cccc(-c3c([2H])c([2H])c([2H])c([2H])c3[2H])c2N2c3cc(-n4c5cc([2H])c6c([2H])c([2H])c([2H])c([2H])c6c5c5c([2H])c([2H])c([2H])c([2H])c54)ccc3B3c4ccc(-n5c6cc([2H])c7c([2H])c([2H])c([2H])c([2H])c7c6c6c([2H])c([2H])c([2H])c([2H])c65)cc4N(c4c(-c5c([2H])c([2H])c([2H])c([2H])c5[2H])cccc4-c4c([2H])c([2H])c([2H])c([2H])c4[2H])c4cc(C(C)(C)C)cc2c43)c([2H])c1[2H]. The third-order valence-electron chi connectivity index (χ3n) is 17.9. The highest BCUT2D eigenvalue weighted by Crippen LogP contribution is 2.54. The summed E-state index contributed by atoms with van der Waals surface area (Å²) in [4.78, 5) is 3.05. The van der Waals surface area contributed by atoms with E-state index in [0.29, 0.717) is 5.56 Å². The highest BCUT2D eigenvalue weighted by molar-refractivity contribution is 7.00. The molecule has 2 aromatic heterocycles. The third kappa shape index (κ3) is 8.42. The van der Waals surface area contributed by atoms with Crippen LogP contribution in [0.5, 0.6) is 0 Å². The van der Waals surface area contributed by atoms with Gasteiger partial charge in [0.25, 0.3) is 6.71 Å². The average molecular weight is 1250 g/mol. The normalized spacial score (nSPS) is 18.3. The van der Waals surface area contributed by atoms with Crippen LogP contribution in [0.2, 0.25) is 0 Å². The minimum atomic E-state index is -1.42. The van der Waals surface area contributed by atoms with Crippen LogP contribution in [0.25, 0.3) is 121 Å².